The van der Waals surface area contributed by atoms with E-state index in [0.29, 0.717) is 31.2 Å². The van der Waals surface area contributed by atoms with Crippen LogP contribution in [0.4, 0.5) is 0 Å². The second-order valence-corrected chi connectivity index (χ2v) is 5.74. The van der Waals surface area contributed by atoms with Crippen LogP contribution in [0.2, 0.25) is 0 Å². The first-order valence-electron chi connectivity index (χ1n) is 7.73. The van der Waals surface area contributed by atoms with Gasteiger partial charge in [-0.25, -0.2) is 0 Å². The van der Waals surface area contributed by atoms with E-state index in [1.54, 1.807) is 15.9 Å². The number of amides is 3. The molecule has 1 saturated heterocycles. The van der Waals surface area contributed by atoms with Gasteiger partial charge < -0.3 is 24.8 Å². The van der Waals surface area contributed by atoms with Gasteiger partial charge in [0.25, 0.3) is 5.88 Å². The van der Waals surface area contributed by atoms with Gasteiger partial charge in [0, 0.05) is 52.0 Å². The zero-order valence-electron chi connectivity index (χ0n) is 13.9. The largest absolute Gasteiger partial charge is 0.479 e. The summed E-state index contributed by atoms with van der Waals surface area (Å²) in [5.74, 6) is -0.428. The van der Waals surface area contributed by atoms with Gasteiger partial charge >= 0.3 is 0 Å². The molecule has 1 aliphatic rings. The van der Waals surface area contributed by atoms with Gasteiger partial charge in [0.1, 0.15) is 5.76 Å². The summed E-state index contributed by atoms with van der Waals surface area (Å²) in [7, 11) is 1.48. The molecule has 1 atom stereocenters. The molecule has 0 bridgehead atoms. The Morgan fingerprint density at radius 1 is 1.33 bits per heavy atom. The highest BCUT2D eigenvalue weighted by Crippen LogP contribution is 2.15. The first-order valence-corrected chi connectivity index (χ1v) is 7.73. The quantitative estimate of drug-likeness (QED) is 0.766. The van der Waals surface area contributed by atoms with Gasteiger partial charge in [-0.3, -0.25) is 14.4 Å². The molecule has 0 radical (unpaired) electrons. The molecule has 1 aromatic rings. The molecule has 0 unspecified atom stereocenters. The average Bonchev–Trinajstić information content (AvgIpc) is 2.88. The smallest absolute Gasteiger partial charge is 0.254 e. The van der Waals surface area contributed by atoms with Crippen molar-refractivity contribution in [2.24, 2.45) is 11.7 Å². The van der Waals surface area contributed by atoms with Crippen molar-refractivity contribution >= 4 is 17.7 Å². The second-order valence-electron chi connectivity index (χ2n) is 5.74. The van der Waals surface area contributed by atoms with Crippen LogP contribution < -0.4 is 10.5 Å². The molecule has 2 rings (SSSR count). The Balaban J connectivity index is 1.96. The lowest BCUT2D eigenvalue weighted by Crippen LogP contribution is -2.40. The van der Waals surface area contributed by atoms with E-state index in [9.17, 15) is 14.4 Å². The fourth-order valence-corrected chi connectivity index (χ4v) is 2.60. The van der Waals surface area contributed by atoms with E-state index in [-0.39, 0.29) is 31.3 Å². The van der Waals surface area contributed by atoms with Crippen molar-refractivity contribution in [3.05, 3.63) is 11.8 Å². The zero-order valence-corrected chi connectivity index (χ0v) is 13.9. The Morgan fingerprint density at radius 2 is 2.00 bits per heavy atom. The third kappa shape index (κ3) is 4.46. The molecular formula is C15H22N4O5. The highest BCUT2D eigenvalue weighted by molar-refractivity contribution is 5.81. The first-order chi connectivity index (χ1) is 11.4. The van der Waals surface area contributed by atoms with Gasteiger partial charge in [0.15, 0.2) is 0 Å². The average molecular weight is 338 g/mol. The molecule has 1 fully saturated rings. The van der Waals surface area contributed by atoms with Crippen molar-refractivity contribution in [1.82, 2.24) is 15.0 Å². The van der Waals surface area contributed by atoms with Crippen LogP contribution in [0.1, 0.15) is 19.1 Å². The van der Waals surface area contributed by atoms with Crippen molar-refractivity contribution in [3.63, 3.8) is 0 Å². The van der Waals surface area contributed by atoms with Crippen molar-refractivity contribution in [2.45, 2.75) is 19.8 Å². The van der Waals surface area contributed by atoms with E-state index >= 15 is 0 Å². The van der Waals surface area contributed by atoms with E-state index in [0.717, 1.165) is 0 Å². The van der Waals surface area contributed by atoms with Crippen LogP contribution in [0.3, 0.4) is 0 Å². The Hall–Kier alpha value is -2.58. The third-order valence-corrected chi connectivity index (χ3v) is 4.05. The van der Waals surface area contributed by atoms with Crippen LogP contribution in [0.25, 0.3) is 0 Å². The lowest BCUT2D eigenvalue weighted by Gasteiger charge is -2.22. The summed E-state index contributed by atoms with van der Waals surface area (Å²) in [6.45, 7) is 2.67. The van der Waals surface area contributed by atoms with Crippen molar-refractivity contribution in [3.8, 4) is 5.88 Å². The molecule has 1 aliphatic heterocycles. The molecular weight excluding hydrogens is 316 g/mol. The number of nitrogens with zero attached hydrogens (tertiary/aromatic N) is 3. The normalized spacial score (nSPS) is 18.2. The molecule has 2 N–H and O–H groups in total. The van der Waals surface area contributed by atoms with Crippen LogP contribution in [0.15, 0.2) is 10.6 Å². The van der Waals surface area contributed by atoms with Crippen molar-refractivity contribution in [1.29, 1.82) is 0 Å². The Bertz CT molecular complexity index is 615. The molecule has 9 nitrogen and oxygen atoms in total. The zero-order chi connectivity index (χ0) is 17.7. The summed E-state index contributed by atoms with van der Waals surface area (Å²) in [5, 5.41) is 3.68. The van der Waals surface area contributed by atoms with Crippen LogP contribution >= 0.6 is 0 Å². The first kappa shape index (κ1) is 17.8. The van der Waals surface area contributed by atoms with Crippen LogP contribution in [-0.2, 0) is 20.8 Å². The predicted molar refractivity (Wildman–Crippen MR) is 82.9 cm³/mol. The summed E-state index contributed by atoms with van der Waals surface area (Å²) in [6, 6.07) is 1.62. The lowest BCUT2D eigenvalue weighted by molar-refractivity contribution is -0.132. The molecule has 1 aromatic heterocycles. The molecule has 0 aliphatic carbocycles. The van der Waals surface area contributed by atoms with Gasteiger partial charge in [-0.2, -0.15) is 0 Å². The van der Waals surface area contributed by atoms with Gasteiger partial charge in [-0.1, -0.05) is 0 Å². The number of carbonyl (C=O) groups is 3. The summed E-state index contributed by atoms with van der Waals surface area (Å²) in [4.78, 5) is 38.7. The molecule has 3 amide bonds. The SMILES string of the molecule is COc1cc(CCC(=O)N2CCN(C(C)=O)C[C@@H](C(N)=O)C2)on1. The molecule has 24 heavy (non-hydrogen) atoms. The van der Waals surface area contributed by atoms with Gasteiger partial charge in [-0.05, 0) is 5.16 Å². The Labute approximate surface area is 139 Å². The number of aryl methyl sites for hydroxylation is 1. The van der Waals surface area contributed by atoms with E-state index in [2.05, 4.69) is 5.16 Å². The maximum Gasteiger partial charge on any atom is 0.254 e. The number of primary amides is 1. The number of hydrogen-bond acceptors (Lipinski definition) is 6. The fraction of sp³-hybridized carbons (Fsp3) is 0.600. The fourth-order valence-electron chi connectivity index (χ4n) is 2.60. The van der Waals surface area contributed by atoms with Crippen molar-refractivity contribution < 1.29 is 23.6 Å². The molecule has 2 heterocycles. The third-order valence-electron chi connectivity index (χ3n) is 4.05. The van der Waals surface area contributed by atoms with Crippen LogP contribution in [0, 0.1) is 5.92 Å². The molecule has 0 saturated carbocycles. The second kappa shape index (κ2) is 7.80. The van der Waals surface area contributed by atoms with E-state index in [1.807, 2.05) is 0 Å². The molecule has 0 aromatic carbocycles. The monoisotopic (exact) mass is 338 g/mol. The standard InChI is InChI=1S/C15H22N4O5/c1-10(20)18-5-6-19(9-11(8-18)15(16)22)14(21)4-3-12-7-13(23-2)17-24-12/h7,11H,3-6,8-9H2,1-2H3,(H2,16,22)/t11-/m1/s1. The van der Waals surface area contributed by atoms with Gasteiger partial charge in [-0.15, -0.1) is 0 Å². The number of rotatable bonds is 5. The number of hydrogen-bond donors (Lipinski definition) is 1. The lowest BCUT2D eigenvalue weighted by atomic mass is 10.1. The molecule has 9 heteroatoms. The number of nitrogens with two attached hydrogens (primary N) is 1. The van der Waals surface area contributed by atoms with Gasteiger partial charge in [0.05, 0.1) is 13.0 Å². The number of aromatic nitrogens is 1. The van der Waals surface area contributed by atoms with Crippen LogP contribution in [-0.4, -0.2) is 66.0 Å². The summed E-state index contributed by atoms with van der Waals surface area (Å²) in [5.41, 5.74) is 5.39. The van der Waals surface area contributed by atoms with Crippen molar-refractivity contribution in [2.75, 3.05) is 33.3 Å². The highest BCUT2D eigenvalue weighted by atomic mass is 16.5. The number of methoxy groups -OCH3 is 1. The summed E-state index contributed by atoms with van der Waals surface area (Å²) >= 11 is 0. The Kier molecular flexibility index (Phi) is 5.78. The molecule has 0 spiro atoms. The van der Waals surface area contributed by atoms with E-state index < -0.39 is 11.8 Å². The van der Waals surface area contributed by atoms with E-state index in [4.69, 9.17) is 15.0 Å². The number of ether oxygens (including phenoxy) is 1. The topological polar surface area (TPSA) is 119 Å². The minimum absolute atomic E-state index is 0.123. The Morgan fingerprint density at radius 3 is 2.58 bits per heavy atom. The van der Waals surface area contributed by atoms with Gasteiger partial charge in [0.2, 0.25) is 17.7 Å². The minimum Gasteiger partial charge on any atom is -0.479 e. The number of carbonyl (C=O) groups excluding carboxylic acids is 3. The summed E-state index contributed by atoms with van der Waals surface area (Å²) < 4.78 is 9.97. The van der Waals surface area contributed by atoms with E-state index in [1.165, 1.54) is 14.0 Å². The predicted octanol–water partition coefficient (Wildman–Crippen LogP) is -0.592. The highest BCUT2D eigenvalue weighted by Gasteiger charge is 2.29. The molecule has 132 valence electrons. The maximum absolute atomic E-state index is 12.4. The summed E-state index contributed by atoms with van der Waals surface area (Å²) in [6.07, 6.45) is 0.591. The minimum atomic E-state index is -0.564. The maximum atomic E-state index is 12.4. The van der Waals surface area contributed by atoms with Crippen LogP contribution in [0.5, 0.6) is 5.88 Å².